The van der Waals surface area contributed by atoms with Crippen LogP contribution >= 0.6 is 0 Å². The SMILES string of the molecule is CCCC1CCCC(O)(c2ccc(F)c(F)c2)CC1. The molecule has 2 atom stereocenters. The number of hydrogen-bond acceptors (Lipinski definition) is 1. The molecule has 0 radical (unpaired) electrons. The summed E-state index contributed by atoms with van der Waals surface area (Å²) in [7, 11) is 0. The third kappa shape index (κ3) is 3.33. The van der Waals surface area contributed by atoms with Gasteiger partial charge in [-0.3, -0.25) is 0 Å². The van der Waals surface area contributed by atoms with E-state index in [0.717, 1.165) is 37.8 Å². The largest absolute Gasteiger partial charge is 0.385 e. The molecular weight excluding hydrogens is 246 g/mol. The van der Waals surface area contributed by atoms with Crippen LogP contribution in [0.1, 0.15) is 57.4 Å². The summed E-state index contributed by atoms with van der Waals surface area (Å²) in [5.74, 6) is -1.07. The molecule has 1 fully saturated rings. The van der Waals surface area contributed by atoms with E-state index in [0.29, 0.717) is 24.3 Å². The van der Waals surface area contributed by atoms with Gasteiger partial charge in [-0.2, -0.15) is 0 Å². The first-order valence-corrected chi connectivity index (χ1v) is 7.23. The highest BCUT2D eigenvalue weighted by atomic mass is 19.2. The standard InChI is InChI=1S/C16H22F2O/c1-2-4-12-5-3-9-16(19,10-8-12)13-6-7-14(17)15(18)11-13/h6-7,11-12,19H,2-5,8-10H2,1H3. The molecule has 2 rings (SSSR count). The molecule has 1 aliphatic carbocycles. The molecule has 3 heteroatoms. The third-order valence-corrected chi connectivity index (χ3v) is 4.32. The van der Waals surface area contributed by atoms with E-state index in [1.807, 2.05) is 0 Å². The zero-order valence-corrected chi connectivity index (χ0v) is 11.5. The first-order chi connectivity index (χ1) is 9.05. The van der Waals surface area contributed by atoms with E-state index in [9.17, 15) is 13.9 Å². The van der Waals surface area contributed by atoms with Gasteiger partial charge in [0.15, 0.2) is 11.6 Å². The molecule has 0 amide bonds. The van der Waals surface area contributed by atoms with Crippen molar-refractivity contribution < 1.29 is 13.9 Å². The van der Waals surface area contributed by atoms with Crippen LogP contribution in [0.4, 0.5) is 8.78 Å². The van der Waals surface area contributed by atoms with E-state index in [4.69, 9.17) is 0 Å². The molecule has 1 N–H and O–H groups in total. The Labute approximate surface area is 113 Å². The fraction of sp³-hybridized carbons (Fsp3) is 0.625. The summed E-state index contributed by atoms with van der Waals surface area (Å²) >= 11 is 0. The lowest BCUT2D eigenvalue weighted by Gasteiger charge is -2.27. The Morgan fingerprint density at radius 3 is 2.68 bits per heavy atom. The maximum atomic E-state index is 13.3. The van der Waals surface area contributed by atoms with E-state index in [1.54, 1.807) is 0 Å². The number of halogens is 2. The molecule has 0 aromatic heterocycles. The van der Waals surface area contributed by atoms with Crippen LogP contribution in [-0.2, 0) is 5.60 Å². The molecule has 1 nitrogen and oxygen atoms in total. The molecule has 1 aliphatic rings. The van der Waals surface area contributed by atoms with Crippen LogP contribution in [0.25, 0.3) is 0 Å². The van der Waals surface area contributed by atoms with Crippen molar-refractivity contribution >= 4 is 0 Å². The molecule has 0 aliphatic heterocycles. The Morgan fingerprint density at radius 2 is 2.00 bits per heavy atom. The normalized spacial score (nSPS) is 28.1. The lowest BCUT2D eigenvalue weighted by atomic mass is 9.86. The van der Waals surface area contributed by atoms with E-state index in [-0.39, 0.29) is 0 Å². The minimum atomic E-state index is -0.989. The van der Waals surface area contributed by atoms with Crippen molar-refractivity contribution in [1.82, 2.24) is 0 Å². The van der Waals surface area contributed by atoms with Crippen molar-refractivity contribution in [1.29, 1.82) is 0 Å². The van der Waals surface area contributed by atoms with Crippen molar-refractivity contribution in [3.63, 3.8) is 0 Å². The quantitative estimate of drug-likeness (QED) is 0.798. The lowest BCUT2D eigenvalue weighted by Crippen LogP contribution is -2.25. The average Bonchev–Trinajstić information content (AvgIpc) is 2.57. The first-order valence-electron chi connectivity index (χ1n) is 7.23. The van der Waals surface area contributed by atoms with E-state index in [1.165, 1.54) is 12.5 Å². The number of hydrogen-bond donors (Lipinski definition) is 1. The van der Waals surface area contributed by atoms with Gasteiger partial charge in [0, 0.05) is 0 Å². The molecule has 19 heavy (non-hydrogen) atoms. The van der Waals surface area contributed by atoms with Crippen LogP contribution in [0.2, 0.25) is 0 Å². The zero-order valence-electron chi connectivity index (χ0n) is 11.5. The first kappa shape index (κ1) is 14.4. The van der Waals surface area contributed by atoms with Crippen molar-refractivity contribution in [2.75, 3.05) is 0 Å². The van der Waals surface area contributed by atoms with Gasteiger partial charge in [-0.15, -0.1) is 0 Å². The minimum Gasteiger partial charge on any atom is -0.385 e. The lowest BCUT2D eigenvalue weighted by molar-refractivity contribution is 0.0191. The van der Waals surface area contributed by atoms with Gasteiger partial charge in [0.25, 0.3) is 0 Å². The Hall–Kier alpha value is -0.960. The third-order valence-electron chi connectivity index (χ3n) is 4.32. The Morgan fingerprint density at radius 1 is 1.21 bits per heavy atom. The smallest absolute Gasteiger partial charge is 0.159 e. The van der Waals surface area contributed by atoms with Crippen LogP contribution in [0, 0.1) is 17.6 Å². The summed E-state index contributed by atoms with van der Waals surface area (Å²) in [5, 5.41) is 10.7. The fourth-order valence-electron chi connectivity index (χ4n) is 3.17. The maximum absolute atomic E-state index is 13.3. The number of aliphatic hydroxyl groups is 1. The molecule has 1 aromatic rings. The predicted molar refractivity (Wildman–Crippen MR) is 71.7 cm³/mol. The predicted octanol–water partition coefficient (Wildman–Crippen LogP) is 4.53. The molecule has 0 saturated heterocycles. The van der Waals surface area contributed by atoms with E-state index in [2.05, 4.69) is 6.92 Å². The number of rotatable bonds is 3. The van der Waals surface area contributed by atoms with Crippen molar-refractivity contribution in [2.45, 2.75) is 57.5 Å². The van der Waals surface area contributed by atoms with Crippen molar-refractivity contribution in [2.24, 2.45) is 5.92 Å². The molecule has 106 valence electrons. The topological polar surface area (TPSA) is 20.2 Å². The van der Waals surface area contributed by atoms with Crippen LogP contribution < -0.4 is 0 Å². The van der Waals surface area contributed by atoms with Crippen LogP contribution in [0.15, 0.2) is 18.2 Å². The molecule has 0 bridgehead atoms. The fourth-order valence-corrected chi connectivity index (χ4v) is 3.17. The molecular formula is C16H22F2O. The van der Waals surface area contributed by atoms with Gasteiger partial charge in [0.2, 0.25) is 0 Å². The molecule has 1 saturated carbocycles. The molecule has 0 spiro atoms. The highest BCUT2D eigenvalue weighted by Gasteiger charge is 2.32. The zero-order chi connectivity index (χ0) is 13.9. The summed E-state index contributed by atoms with van der Waals surface area (Å²) in [6.45, 7) is 2.17. The van der Waals surface area contributed by atoms with E-state index < -0.39 is 17.2 Å². The highest BCUT2D eigenvalue weighted by molar-refractivity contribution is 5.24. The van der Waals surface area contributed by atoms with Gasteiger partial charge < -0.3 is 5.11 Å². The van der Waals surface area contributed by atoms with Gasteiger partial charge >= 0.3 is 0 Å². The van der Waals surface area contributed by atoms with Gasteiger partial charge in [-0.05, 0) is 49.3 Å². The van der Waals surface area contributed by atoms with Crippen molar-refractivity contribution in [3.8, 4) is 0 Å². The number of benzene rings is 1. The van der Waals surface area contributed by atoms with Gasteiger partial charge in [-0.25, -0.2) is 8.78 Å². The summed E-state index contributed by atoms with van der Waals surface area (Å²) in [6, 6.07) is 3.77. The summed E-state index contributed by atoms with van der Waals surface area (Å²) in [5.41, 5.74) is -0.472. The minimum absolute atomic E-state index is 0.517. The van der Waals surface area contributed by atoms with Gasteiger partial charge in [-0.1, -0.05) is 32.3 Å². The van der Waals surface area contributed by atoms with Gasteiger partial charge in [0.1, 0.15) is 0 Å². The summed E-state index contributed by atoms with van der Waals surface area (Å²) < 4.78 is 26.3. The molecule has 1 aromatic carbocycles. The second-order valence-corrected chi connectivity index (χ2v) is 5.75. The molecule has 2 unspecified atom stereocenters. The Bertz CT molecular complexity index is 433. The summed E-state index contributed by atoms with van der Waals surface area (Å²) in [6.07, 6.45) is 6.66. The second kappa shape index (κ2) is 6.00. The van der Waals surface area contributed by atoms with E-state index >= 15 is 0 Å². The molecule has 0 heterocycles. The summed E-state index contributed by atoms with van der Waals surface area (Å²) in [4.78, 5) is 0. The van der Waals surface area contributed by atoms with Crippen LogP contribution in [0.5, 0.6) is 0 Å². The maximum Gasteiger partial charge on any atom is 0.159 e. The van der Waals surface area contributed by atoms with Crippen LogP contribution in [-0.4, -0.2) is 5.11 Å². The monoisotopic (exact) mass is 268 g/mol. The average molecular weight is 268 g/mol. The van der Waals surface area contributed by atoms with Gasteiger partial charge in [0.05, 0.1) is 5.60 Å². The Kier molecular flexibility index (Phi) is 4.56. The Balaban J connectivity index is 2.15. The highest BCUT2D eigenvalue weighted by Crippen LogP contribution is 2.39. The van der Waals surface area contributed by atoms with Crippen LogP contribution in [0.3, 0.4) is 0 Å². The van der Waals surface area contributed by atoms with Crippen molar-refractivity contribution in [3.05, 3.63) is 35.4 Å². The second-order valence-electron chi connectivity index (χ2n) is 5.75.